The van der Waals surface area contributed by atoms with Crippen molar-refractivity contribution in [1.29, 1.82) is 0 Å². The molecule has 1 N–H and O–H groups in total. The molecular weight excluding hydrogens is 462 g/mol. The number of para-hydroxylation sites is 2. The third-order valence-electron chi connectivity index (χ3n) is 6.94. The topological polar surface area (TPSA) is 79.0 Å². The van der Waals surface area contributed by atoms with E-state index in [9.17, 15) is 14.4 Å². The van der Waals surface area contributed by atoms with Crippen molar-refractivity contribution in [1.82, 2.24) is 4.90 Å². The van der Waals surface area contributed by atoms with E-state index >= 15 is 0 Å². The average Bonchev–Trinajstić information content (AvgIpc) is 3.62. The summed E-state index contributed by atoms with van der Waals surface area (Å²) in [7, 11) is 0. The molecule has 35 heavy (non-hydrogen) atoms. The average molecular weight is 488 g/mol. The number of nitrogens with one attached hydrogen (secondary N) is 1. The number of carbonyl (C=O) groups is 3. The van der Waals surface area contributed by atoms with Crippen LogP contribution in [0.25, 0.3) is 0 Å². The molecule has 4 heterocycles. The maximum Gasteiger partial charge on any atom is 0.261 e. The van der Waals surface area contributed by atoms with E-state index in [1.54, 1.807) is 23.5 Å². The molecule has 0 radical (unpaired) electrons. The zero-order valence-electron chi connectivity index (χ0n) is 19.2. The van der Waals surface area contributed by atoms with Gasteiger partial charge in [-0.3, -0.25) is 19.3 Å². The predicted molar refractivity (Wildman–Crippen MR) is 134 cm³/mol. The van der Waals surface area contributed by atoms with Crippen molar-refractivity contribution in [2.75, 3.05) is 29.9 Å². The van der Waals surface area contributed by atoms with Gasteiger partial charge in [-0.15, -0.1) is 11.3 Å². The monoisotopic (exact) mass is 487 g/mol. The summed E-state index contributed by atoms with van der Waals surface area (Å²) in [5, 5.41) is 5.15. The molecule has 0 bridgehead atoms. The van der Waals surface area contributed by atoms with Crippen LogP contribution in [0.15, 0.2) is 53.9 Å². The highest BCUT2D eigenvalue weighted by molar-refractivity contribution is 7.10. The number of benzene rings is 2. The van der Waals surface area contributed by atoms with Gasteiger partial charge in [-0.05, 0) is 66.6 Å². The molecule has 3 aliphatic heterocycles. The van der Waals surface area contributed by atoms with E-state index in [2.05, 4.69) is 21.7 Å². The summed E-state index contributed by atoms with van der Waals surface area (Å²) >= 11 is 1.80. The number of hydrogen-bond donors (Lipinski definition) is 1. The van der Waals surface area contributed by atoms with E-state index in [0.29, 0.717) is 17.7 Å². The molecule has 6 rings (SSSR count). The molecule has 0 saturated carbocycles. The van der Waals surface area contributed by atoms with Gasteiger partial charge in [-0.2, -0.15) is 0 Å². The molecule has 0 spiro atoms. The van der Waals surface area contributed by atoms with Gasteiger partial charge in [0.05, 0.1) is 35.2 Å². The van der Waals surface area contributed by atoms with Gasteiger partial charge in [0.2, 0.25) is 0 Å². The summed E-state index contributed by atoms with van der Waals surface area (Å²) in [5.74, 6) is -1.00. The van der Waals surface area contributed by atoms with Crippen LogP contribution in [-0.2, 0) is 17.7 Å². The van der Waals surface area contributed by atoms with E-state index in [1.807, 2.05) is 24.3 Å². The van der Waals surface area contributed by atoms with Crippen LogP contribution in [0.1, 0.15) is 54.4 Å². The normalized spacial score (nSPS) is 19.1. The van der Waals surface area contributed by atoms with Gasteiger partial charge < -0.3 is 15.0 Å². The van der Waals surface area contributed by atoms with E-state index in [-0.39, 0.29) is 35.9 Å². The summed E-state index contributed by atoms with van der Waals surface area (Å²) in [6.45, 7) is 2.60. The molecule has 8 heteroatoms. The fraction of sp³-hybridized carbons (Fsp3) is 0.296. The van der Waals surface area contributed by atoms with Crippen molar-refractivity contribution in [2.24, 2.45) is 0 Å². The lowest BCUT2D eigenvalue weighted by atomic mass is 10.0. The summed E-state index contributed by atoms with van der Waals surface area (Å²) in [6, 6.07) is 14.6. The highest BCUT2D eigenvalue weighted by Crippen LogP contribution is 2.33. The summed E-state index contributed by atoms with van der Waals surface area (Å²) in [6.07, 6.45) is 2.64. The third-order valence-corrected chi connectivity index (χ3v) is 7.97. The molecule has 3 aromatic rings. The van der Waals surface area contributed by atoms with Crippen LogP contribution in [0.4, 0.5) is 11.4 Å². The Morgan fingerprint density at radius 1 is 1.09 bits per heavy atom. The number of thiophene rings is 1. The molecule has 178 valence electrons. The Kier molecular flexibility index (Phi) is 5.62. The number of ether oxygens (including phenoxy) is 1. The van der Waals surface area contributed by atoms with Gasteiger partial charge in [-0.25, -0.2) is 0 Å². The number of carbonyl (C=O) groups excluding carboxylic acids is 3. The Bertz CT molecular complexity index is 1330. The quantitative estimate of drug-likeness (QED) is 0.542. The second-order valence-corrected chi connectivity index (χ2v) is 10.1. The molecule has 0 aliphatic carbocycles. The number of rotatable bonds is 5. The molecule has 7 nitrogen and oxygen atoms in total. The van der Waals surface area contributed by atoms with Crippen LogP contribution in [-0.4, -0.2) is 48.4 Å². The van der Waals surface area contributed by atoms with E-state index in [4.69, 9.17) is 4.74 Å². The molecule has 1 fully saturated rings. The molecule has 1 atom stereocenters. The minimum Gasteiger partial charge on any atom is -0.376 e. The molecule has 3 aliphatic rings. The Morgan fingerprint density at radius 3 is 2.80 bits per heavy atom. The first-order valence-electron chi connectivity index (χ1n) is 11.9. The standard InChI is InChI=1S/C27H25N3O4S/c31-25(28-22-5-1-2-6-23(22)29-11-9-24-18(15-29)10-13-35-24)17-7-8-20-21(14-17)27(33)30(26(20)32)16-19-4-3-12-34-19/h1-2,5-8,10,13-14,19H,3-4,9,11-12,15-16H2,(H,28,31). The van der Waals surface area contributed by atoms with E-state index in [1.165, 1.54) is 21.4 Å². The molecule has 3 amide bonds. The zero-order valence-corrected chi connectivity index (χ0v) is 20.0. The molecule has 1 saturated heterocycles. The number of amides is 3. The number of imide groups is 1. The van der Waals surface area contributed by atoms with Crippen molar-refractivity contribution in [2.45, 2.75) is 31.9 Å². The largest absolute Gasteiger partial charge is 0.376 e. The lowest BCUT2D eigenvalue weighted by Crippen LogP contribution is -2.36. The lowest BCUT2D eigenvalue weighted by Gasteiger charge is -2.30. The van der Waals surface area contributed by atoms with Gasteiger partial charge in [0.15, 0.2) is 0 Å². The minimum atomic E-state index is -0.365. The van der Waals surface area contributed by atoms with E-state index < -0.39 is 0 Å². The Balaban J connectivity index is 1.21. The van der Waals surface area contributed by atoms with Gasteiger partial charge >= 0.3 is 0 Å². The molecular formula is C27H25N3O4S. The van der Waals surface area contributed by atoms with Crippen LogP contribution in [0.2, 0.25) is 0 Å². The Morgan fingerprint density at radius 2 is 1.94 bits per heavy atom. The van der Waals surface area contributed by atoms with Crippen LogP contribution >= 0.6 is 11.3 Å². The number of nitrogens with zero attached hydrogens (tertiary/aromatic N) is 2. The zero-order chi connectivity index (χ0) is 23.9. The summed E-state index contributed by atoms with van der Waals surface area (Å²) < 4.78 is 5.60. The molecule has 1 aromatic heterocycles. The van der Waals surface area contributed by atoms with Crippen molar-refractivity contribution in [3.05, 3.63) is 81.0 Å². The number of hydrogen-bond acceptors (Lipinski definition) is 6. The maximum atomic E-state index is 13.2. The first-order chi connectivity index (χ1) is 17.1. The van der Waals surface area contributed by atoms with Crippen LogP contribution in [0.5, 0.6) is 0 Å². The van der Waals surface area contributed by atoms with Crippen LogP contribution < -0.4 is 10.2 Å². The van der Waals surface area contributed by atoms with Gasteiger partial charge in [-0.1, -0.05) is 12.1 Å². The minimum absolute atomic E-state index is 0.114. The fourth-order valence-electron chi connectivity index (χ4n) is 5.09. The Hall–Kier alpha value is -3.49. The fourth-order valence-corrected chi connectivity index (χ4v) is 5.98. The third kappa shape index (κ3) is 4.02. The smallest absolute Gasteiger partial charge is 0.261 e. The Labute approximate surface area is 207 Å². The highest BCUT2D eigenvalue weighted by Gasteiger charge is 2.38. The second-order valence-electron chi connectivity index (χ2n) is 9.13. The van der Waals surface area contributed by atoms with Gasteiger partial charge in [0.1, 0.15) is 0 Å². The number of anilines is 2. The summed E-state index contributed by atoms with van der Waals surface area (Å²) in [5.41, 5.74) is 3.97. The highest BCUT2D eigenvalue weighted by atomic mass is 32.1. The maximum absolute atomic E-state index is 13.2. The van der Waals surface area contributed by atoms with Crippen LogP contribution in [0.3, 0.4) is 0 Å². The first-order valence-corrected chi connectivity index (χ1v) is 12.8. The summed E-state index contributed by atoms with van der Waals surface area (Å²) in [4.78, 5) is 43.9. The van der Waals surface area contributed by atoms with Crippen molar-refractivity contribution < 1.29 is 19.1 Å². The van der Waals surface area contributed by atoms with Crippen molar-refractivity contribution in [3.63, 3.8) is 0 Å². The van der Waals surface area contributed by atoms with Crippen molar-refractivity contribution >= 4 is 40.4 Å². The van der Waals surface area contributed by atoms with Crippen LogP contribution in [0, 0.1) is 0 Å². The second kappa shape index (κ2) is 8.94. The predicted octanol–water partition coefficient (Wildman–Crippen LogP) is 4.34. The number of fused-ring (bicyclic) bond motifs is 2. The van der Waals surface area contributed by atoms with Crippen molar-refractivity contribution in [3.8, 4) is 0 Å². The lowest BCUT2D eigenvalue weighted by molar-refractivity contribution is 0.0475. The SMILES string of the molecule is O=C(Nc1ccccc1N1CCc2sccc2C1)c1ccc2c(c1)C(=O)N(CC1CCCO1)C2=O. The van der Waals surface area contributed by atoms with Gasteiger partial charge in [0.25, 0.3) is 17.7 Å². The molecule has 2 aromatic carbocycles. The molecule has 1 unspecified atom stereocenters. The van der Waals surface area contributed by atoms with Gasteiger partial charge in [0, 0.05) is 30.1 Å². The first kappa shape index (κ1) is 22.0. The van der Waals surface area contributed by atoms with E-state index in [0.717, 1.165) is 43.7 Å².